The number of aliphatic carboxylic acids is 2. The van der Waals surface area contributed by atoms with Crippen LogP contribution < -0.4 is 10.2 Å². The molecule has 0 spiro atoms. The van der Waals surface area contributed by atoms with Crippen LogP contribution in [0.15, 0.2) is 12.4 Å². The number of carbonyl (C=O) groups is 3. The van der Waals surface area contributed by atoms with Crippen LogP contribution in [0, 0.1) is 5.41 Å². The van der Waals surface area contributed by atoms with Crippen molar-refractivity contribution in [3.8, 4) is 0 Å². The monoisotopic (exact) mass is 448 g/mol. The van der Waals surface area contributed by atoms with Gasteiger partial charge in [-0.05, 0) is 25.7 Å². The molecule has 174 valence electrons. The van der Waals surface area contributed by atoms with Gasteiger partial charge in [0.25, 0.3) is 0 Å². The minimum Gasteiger partial charge on any atom is -0.480 e. The van der Waals surface area contributed by atoms with E-state index in [2.05, 4.69) is 15.2 Å². The van der Waals surface area contributed by atoms with Crippen LogP contribution in [0.3, 0.4) is 0 Å². The summed E-state index contributed by atoms with van der Waals surface area (Å²) in [5, 5.41) is 19.7. The predicted molar refractivity (Wildman–Crippen MR) is 103 cm³/mol. The topological polar surface area (TPSA) is 125 Å². The molecule has 31 heavy (non-hydrogen) atoms. The van der Waals surface area contributed by atoms with Crippen LogP contribution in [-0.2, 0) is 21.4 Å². The van der Waals surface area contributed by atoms with Gasteiger partial charge in [-0.25, -0.2) is 9.78 Å². The lowest BCUT2D eigenvalue weighted by Crippen LogP contribution is -2.53. The number of carboxylic acid groups (broad SMARTS) is 2. The number of imidazole rings is 1. The standard InChI is InChI=1S/C17H26N4O3.C2HF3O2/c1-20-12-9-18-16(20)21-10-5-13(6-11-21)19-14(22)17(15(23)24)7-3-2-4-8-17;3-2(4,5)1(6)7/h9,12-13H,2-8,10-11H2,1H3,(H,19,22)(H,23,24);(H,6,7). The number of amides is 1. The second-order valence-corrected chi connectivity index (χ2v) is 7.82. The highest BCUT2D eigenvalue weighted by Gasteiger charge is 2.47. The van der Waals surface area contributed by atoms with E-state index in [4.69, 9.17) is 9.90 Å². The molecule has 2 aliphatic rings. The number of nitrogens with zero attached hydrogens (tertiary/aromatic N) is 3. The van der Waals surface area contributed by atoms with Crippen LogP contribution in [0.5, 0.6) is 0 Å². The average molecular weight is 448 g/mol. The predicted octanol–water partition coefficient (Wildman–Crippen LogP) is 2.17. The zero-order valence-corrected chi connectivity index (χ0v) is 17.2. The Bertz CT molecular complexity index is 782. The van der Waals surface area contributed by atoms with E-state index in [0.717, 1.165) is 51.1 Å². The Labute approximate surface area is 177 Å². The van der Waals surface area contributed by atoms with Gasteiger partial charge < -0.3 is 25.0 Å². The van der Waals surface area contributed by atoms with E-state index in [1.807, 2.05) is 17.8 Å². The van der Waals surface area contributed by atoms with E-state index < -0.39 is 23.5 Å². The summed E-state index contributed by atoms with van der Waals surface area (Å²) in [5.41, 5.74) is -1.21. The van der Waals surface area contributed by atoms with Gasteiger partial charge in [0.1, 0.15) is 5.41 Å². The molecule has 0 bridgehead atoms. The third-order valence-corrected chi connectivity index (χ3v) is 5.70. The Morgan fingerprint density at radius 1 is 1.13 bits per heavy atom. The van der Waals surface area contributed by atoms with Gasteiger partial charge in [-0.3, -0.25) is 9.59 Å². The van der Waals surface area contributed by atoms with Crippen molar-refractivity contribution in [1.82, 2.24) is 14.9 Å². The maximum absolute atomic E-state index is 12.7. The lowest BCUT2D eigenvalue weighted by atomic mass is 9.73. The minimum absolute atomic E-state index is 0.0483. The molecule has 9 nitrogen and oxygen atoms in total. The Balaban J connectivity index is 0.000000423. The van der Waals surface area contributed by atoms with Gasteiger partial charge >= 0.3 is 18.1 Å². The summed E-state index contributed by atoms with van der Waals surface area (Å²) in [6.07, 6.45) is 3.81. The van der Waals surface area contributed by atoms with Crippen LogP contribution >= 0.6 is 0 Å². The maximum Gasteiger partial charge on any atom is 0.490 e. The molecular weight excluding hydrogens is 421 g/mol. The number of carbonyl (C=O) groups excluding carboxylic acids is 1. The smallest absolute Gasteiger partial charge is 0.480 e. The Hall–Kier alpha value is -2.79. The van der Waals surface area contributed by atoms with Gasteiger partial charge in [-0.15, -0.1) is 0 Å². The van der Waals surface area contributed by atoms with Gasteiger partial charge in [0, 0.05) is 38.6 Å². The SMILES string of the molecule is Cn1ccnc1N1CCC(NC(=O)C2(C(=O)O)CCCCC2)CC1.O=C(O)C(F)(F)F. The summed E-state index contributed by atoms with van der Waals surface area (Å²) in [5.74, 6) is -3.07. The molecule has 1 aliphatic heterocycles. The minimum atomic E-state index is -5.08. The Morgan fingerprint density at radius 3 is 2.10 bits per heavy atom. The van der Waals surface area contributed by atoms with E-state index >= 15 is 0 Å². The zero-order chi connectivity index (χ0) is 23.2. The summed E-state index contributed by atoms with van der Waals surface area (Å²) < 4.78 is 33.7. The van der Waals surface area contributed by atoms with Gasteiger partial charge in [0.15, 0.2) is 0 Å². The van der Waals surface area contributed by atoms with Crippen LogP contribution in [0.25, 0.3) is 0 Å². The lowest BCUT2D eigenvalue weighted by Gasteiger charge is -2.36. The van der Waals surface area contributed by atoms with Crippen LogP contribution in [-0.4, -0.2) is 62.9 Å². The number of anilines is 1. The number of hydrogen-bond acceptors (Lipinski definition) is 5. The molecule has 1 saturated carbocycles. The molecule has 1 aromatic rings. The highest BCUT2D eigenvalue weighted by atomic mass is 19.4. The largest absolute Gasteiger partial charge is 0.490 e. The van der Waals surface area contributed by atoms with E-state index in [-0.39, 0.29) is 11.9 Å². The van der Waals surface area contributed by atoms with Gasteiger partial charge in [-0.1, -0.05) is 19.3 Å². The summed E-state index contributed by atoms with van der Waals surface area (Å²) >= 11 is 0. The maximum atomic E-state index is 12.7. The third kappa shape index (κ3) is 6.11. The number of aromatic nitrogens is 2. The molecule has 0 aromatic carbocycles. The fourth-order valence-corrected chi connectivity index (χ4v) is 3.90. The van der Waals surface area contributed by atoms with Crippen molar-refractivity contribution in [1.29, 1.82) is 0 Å². The molecular formula is C19H27F3N4O5. The van der Waals surface area contributed by atoms with Gasteiger partial charge in [0.2, 0.25) is 11.9 Å². The number of rotatable bonds is 4. The first kappa shape index (κ1) is 24.5. The van der Waals surface area contributed by atoms with Crippen molar-refractivity contribution in [3.05, 3.63) is 12.4 Å². The summed E-state index contributed by atoms with van der Waals surface area (Å²) in [6, 6.07) is 0.0483. The van der Waals surface area contributed by atoms with Crippen LogP contribution in [0.4, 0.5) is 19.1 Å². The third-order valence-electron chi connectivity index (χ3n) is 5.70. The molecule has 1 saturated heterocycles. The summed E-state index contributed by atoms with van der Waals surface area (Å²) in [7, 11) is 1.97. The molecule has 2 fully saturated rings. The molecule has 1 aliphatic carbocycles. The normalized spacial score (nSPS) is 19.2. The molecule has 12 heteroatoms. The number of halogens is 3. The van der Waals surface area contributed by atoms with Crippen molar-refractivity contribution in [3.63, 3.8) is 0 Å². The van der Waals surface area contributed by atoms with E-state index in [9.17, 15) is 27.9 Å². The second-order valence-electron chi connectivity index (χ2n) is 7.82. The van der Waals surface area contributed by atoms with Gasteiger partial charge in [-0.2, -0.15) is 13.2 Å². The molecule has 0 radical (unpaired) electrons. The number of carboxylic acids is 2. The fraction of sp³-hybridized carbons (Fsp3) is 0.684. The summed E-state index contributed by atoms with van der Waals surface area (Å²) in [6.45, 7) is 1.63. The first-order valence-corrected chi connectivity index (χ1v) is 10.0. The average Bonchev–Trinajstić information content (AvgIpc) is 3.14. The summed E-state index contributed by atoms with van der Waals surface area (Å²) in [4.78, 5) is 39.9. The van der Waals surface area contributed by atoms with Crippen LogP contribution in [0.2, 0.25) is 0 Å². The molecule has 2 heterocycles. The number of piperidine rings is 1. The number of hydrogen-bond donors (Lipinski definition) is 3. The number of alkyl halides is 3. The van der Waals surface area contributed by atoms with E-state index in [1.54, 1.807) is 6.20 Å². The quantitative estimate of drug-likeness (QED) is 0.603. The first-order valence-electron chi connectivity index (χ1n) is 10.0. The molecule has 0 unspecified atom stereocenters. The molecule has 3 rings (SSSR count). The van der Waals surface area contributed by atoms with Crippen molar-refractivity contribution in [2.45, 2.75) is 57.2 Å². The van der Waals surface area contributed by atoms with Gasteiger partial charge in [0.05, 0.1) is 0 Å². The Kier molecular flexibility index (Phi) is 7.91. The number of aryl methyl sites for hydroxylation is 1. The van der Waals surface area contributed by atoms with Crippen molar-refractivity contribution in [2.75, 3.05) is 18.0 Å². The van der Waals surface area contributed by atoms with Crippen molar-refractivity contribution >= 4 is 23.8 Å². The lowest BCUT2D eigenvalue weighted by molar-refractivity contribution is -0.192. The first-order chi connectivity index (χ1) is 14.5. The molecule has 1 amide bonds. The van der Waals surface area contributed by atoms with E-state index in [1.165, 1.54) is 0 Å². The molecule has 1 aromatic heterocycles. The highest BCUT2D eigenvalue weighted by molar-refractivity contribution is 6.02. The number of nitrogens with one attached hydrogen (secondary N) is 1. The van der Waals surface area contributed by atoms with Crippen molar-refractivity contribution < 1.29 is 37.8 Å². The fourth-order valence-electron chi connectivity index (χ4n) is 3.90. The second kappa shape index (κ2) is 10.0. The van der Waals surface area contributed by atoms with Crippen LogP contribution in [0.1, 0.15) is 44.9 Å². The highest BCUT2D eigenvalue weighted by Crippen LogP contribution is 2.37. The molecule has 0 atom stereocenters. The van der Waals surface area contributed by atoms with Crippen molar-refractivity contribution in [2.24, 2.45) is 12.5 Å². The zero-order valence-electron chi connectivity index (χ0n) is 17.2. The van der Waals surface area contributed by atoms with E-state index in [0.29, 0.717) is 12.8 Å². The Morgan fingerprint density at radius 2 is 1.68 bits per heavy atom. The molecule has 3 N–H and O–H groups in total.